The Balaban J connectivity index is 1.92. The van der Waals surface area contributed by atoms with Gasteiger partial charge in [0.05, 0.1) is 28.7 Å². The quantitative estimate of drug-likeness (QED) is 0.785. The highest BCUT2D eigenvalue weighted by Crippen LogP contribution is 2.18. The summed E-state index contributed by atoms with van der Waals surface area (Å²) in [7, 11) is 1.83. The molecule has 2 aromatic heterocycles. The molecule has 0 aliphatic rings. The van der Waals surface area contributed by atoms with Crippen LogP contribution in [0.2, 0.25) is 0 Å². The van der Waals surface area contributed by atoms with E-state index in [9.17, 15) is 4.79 Å². The summed E-state index contributed by atoms with van der Waals surface area (Å²) in [6, 6.07) is 9.72. The molecule has 0 bridgehead atoms. The first kappa shape index (κ1) is 13.3. The van der Waals surface area contributed by atoms with Crippen LogP contribution in [-0.4, -0.2) is 20.7 Å². The molecule has 21 heavy (non-hydrogen) atoms. The predicted molar refractivity (Wildman–Crippen MR) is 82.4 cm³/mol. The zero-order valence-electron chi connectivity index (χ0n) is 12.2. The van der Waals surface area contributed by atoms with Crippen molar-refractivity contribution in [2.45, 2.75) is 13.8 Å². The molecule has 0 saturated carbocycles. The van der Waals surface area contributed by atoms with Crippen molar-refractivity contribution in [3.8, 4) is 0 Å². The molecule has 5 nitrogen and oxygen atoms in total. The number of para-hydroxylation sites is 1. The zero-order valence-corrected chi connectivity index (χ0v) is 12.2. The molecule has 0 atom stereocenters. The van der Waals surface area contributed by atoms with Crippen LogP contribution >= 0.6 is 0 Å². The van der Waals surface area contributed by atoms with Crippen LogP contribution in [0.1, 0.15) is 21.7 Å². The van der Waals surface area contributed by atoms with Gasteiger partial charge in [0, 0.05) is 18.1 Å². The van der Waals surface area contributed by atoms with Crippen molar-refractivity contribution in [2.75, 3.05) is 5.32 Å². The number of nitrogens with one attached hydrogen (secondary N) is 1. The summed E-state index contributed by atoms with van der Waals surface area (Å²) in [5.41, 5.74) is 3.77. The lowest BCUT2D eigenvalue weighted by molar-refractivity contribution is 0.102. The van der Waals surface area contributed by atoms with Crippen LogP contribution < -0.4 is 5.32 Å². The molecule has 1 aromatic carbocycles. The molecule has 106 valence electrons. The second kappa shape index (κ2) is 5.01. The minimum Gasteiger partial charge on any atom is -0.320 e. The van der Waals surface area contributed by atoms with Crippen LogP contribution in [0.5, 0.6) is 0 Å². The van der Waals surface area contributed by atoms with Crippen molar-refractivity contribution in [3.63, 3.8) is 0 Å². The molecule has 0 radical (unpaired) electrons. The summed E-state index contributed by atoms with van der Waals surface area (Å²) < 4.78 is 1.71. The Bertz CT molecular complexity index is 835. The first-order chi connectivity index (χ1) is 10.1. The second-order valence-electron chi connectivity index (χ2n) is 5.04. The van der Waals surface area contributed by atoms with Crippen molar-refractivity contribution < 1.29 is 4.79 Å². The lowest BCUT2D eigenvalue weighted by Crippen LogP contribution is -2.14. The van der Waals surface area contributed by atoms with Crippen LogP contribution in [-0.2, 0) is 7.05 Å². The molecule has 5 heteroatoms. The van der Waals surface area contributed by atoms with Gasteiger partial charge < -0.3 is 5.32 Å². The molecular formula is C16H16N4O. The molecule has 2 heterocycles. The second-order valence-corrected chi connectivity index (χ2v) is 5.04. The van der Waals surface area contributed by atoms with Gasteiger partial charge in [-0.15, -0.1) is 0 Å². The number of aromatic nitrogens is 3. The summed E-state index contributed by atoms with van der Waals surface area (Å²) in [4.78, 5) is 16.8. The average Bonchev–Trinajstić information content (AvgIpc) is 2.72. The lowest BCUT2D eigenvalue weighted by atomic mass is 10.1. The number of anilines is 1. The van der Waals surface area contributed by atoms with Crippen LogP contribution in [0.3, 0.4) is 0 Å². The third-order valence-corrected chi connectivity index (χ3v) is 3.58. The number of carbonyl (C=O) groups excluding carboxylic acids is 1. The number of rotatable bonds is 2. The van der Waals surface area contributed by atoms with Crippen molar-refractivity contribution in [3.05, 3.63) is 53.5 Å². The number of nitrogens with zero attached hydrogens (tertiary/aromatic N) is 3. The molecule has 0 aliphatic heterocycles. The fraction of sp³-hybridized carbons (Fsp3) is 0.188. The first-order valence-electron chi connectivity index (χ1n) is 6.72. The average molecular weight is 280 g/mol. The molecule has 0 aliphatic carbocycles. The Hall–Kier alpha value is -2.69. The predicted octanol–water partition coefficient (Wildman–Crippen LogP) is 2.84. The lowest BCUT2D eigenvalue weighted by Gasteiger charge is -2.06. The molecule has 0 unspecified atom stereocenters. The van der Waals surface area contributed by atoms with E-state index in [1.807, 2.05) is 51.2 Å². The van der Waals surface area contributed by atoms with Crippen molar-refractivity contribution in [1.29, 1.82) is 0 Å². The van der Waals surface area contributed by atoms with E-state index in [2.05, 4.69) is 15.4 Å². The van der Waals surface area contributed by atoms with Gasteiger partial charge in [-0.05, 0) is 26.0 Å². The summed E-state index contributed by atoms with van der Waals surface area (Å²) in [5, 5.41) is 8.15. The highest BCUT2D eigenvalue weighted by molar-refractivity contribution is 6.06. The molecule has 3 rings (SSSR count). The number of hydrogen-bond donors (Lipinski definition) is 1. The summed E-state index contributed by atoms with van der Waals surface area (Å²) in [6.45, 7) is 3.72. The fourth-order valence-electron chi connectivity index (χ4n) is 2.44. The van der Waals surface area contributed by atoms with Gasteiger partial charge in [0.15, 0.2) is 0 Å². The Labute approximate surface area is 122 Å². The third-order valence-electron chi connectivity index (χ3n) is 3.58. The van der Waals surface area contributed by atoms with Crippen molar-refractivity contribution in [1.82, 2.24) is 14.8 Å². The van der Waals surface area contributed by atoms with Gasteiger partial charge in [-0.3, -0.25) is 14.5 Å². The van der Waals surface area contributed by atoms with Crippen LogP contribution in [0.15, 0.2) is 36.5 Å². The van der Waals surface area contributed by atoms with E-state index in [-0.39, 0.29) is 5.91 Å². The summed E-state index contributed by atoms with van der Waals surface area (Å²) in [6.07, 6.45) is 1.67. The van der Waals surface area contributed by atoms with E-state index >= 15 is 0 Å². The maximum absolute atomic E-state index is 12.4. The highest BCUT2D eigenvalue weighted by Gasteiger charge is 2.17. The Morgan fingerprint density at radius 2 is 2.00 bits per heavy atom. The number of benzene rings is 1. The molecule has 1 N–H and O–H groups in total. The van der Waals surface area contributed by atoms with E-state index in [1.54, 1.807) is 10.9 Å². The Morgan fingerprint density at radius 3 is 2.71 bits per heavy atom. The standard InChI is InChI=1S/C16H16N4O/c1-10-15(11(2)20(3)19-10)16(21)18-13-8-12-6-4-5-7-14(12)17-9-13/h4-9H,1-3H3,(H,18,21). The number of fused-ring (bicyclic) bond motifs is 1. The molecule has 0 fully saturated rings. The number of pyridine rings is 1. The number of amides is 1. The molecule has 3 aromatic rings. The number of carbonyl (C=O) groups is 1. The number of aryl methyl sites for hydroxylation is 2. The van der Waals surface area contributed by atoms with Crippen molar-refractivity contribution in [2.24, 2.45) is 7.05 Å². The third kappa shape index (κ3) is 2.38. The van der Waals surface area contributed by atoms with Gasteiger partial charge in [-0.2, -0.15) is 5.10 Å². The normalized spacial score (nSPS) is 10.8. The van der Waals surface area contributed by atoms with E-state index in [4.69, 9.17) is 0 Å². The summed E-state index contributed by atoms with van der Waals surface area (Å²) in [5.74, 6) is -0.157. The SMILES string of the molecule is Cc1nn(C)c(C)c1C(=O)Nc1cnc2ccccc2c1. The van der Waals surface area contributed by atoms with E-state index < -0.39 is 0 Å². The Kier molecular flexibility index (Phi) is 3.17. The van der Waals surface area contributed by atoms with Crippen LogP contribution in [0.4, 0.5) is 5.69 Å². The van der Waals surface area contributed by atoms with E-state index in [0.29, 0.717) is 11.3 Å². The van der Waals surface area contributed by atoms with E-state index in [1.165, 1.54) is 0 Å². The molecule has 1 amide bonds. The zero-order chi connectivity index (χ0) is 15.0. The fourth-order valence-corrected chi connectivity index (χ4v) is 2.44. The van der Waals surface area contributed by atoms with Crippen LogP contribution in [0.25, 0.3) is 10.9 Å². The van der Waals surface area contributed by atoms with E-state index in [0.717, 1.165) is 22.3 Å². The van der Waals surface area contributed by atoms with Gasteiger partial charge in [0.25, 0.3) is 5.91 Å². The smallest absolute Gasteiger partial charge is 0.259 e. The molecule has 0 spiro atoms. The topological polar surface area (TPSA) is 59.8 Å². The van der Waals surface area contributed by atoms with Gasteiger partial charge in [0.2, 0.25) is 0 Å². The minimum atomic E-state index is -0.157. The monoisotopic (exact) mass is 280 g/mol. The molecular weight excluding hydrogens is 264 g/mol. The highest BCUT2D eigenvalue weighted by atomic mass is 16.1. The molecule has 0 saturated heterocycles. The minimum absolute atomic E-state index is 0.157. The first-order valence-corrected chi connectivity index (χ1v) is 6.72. The van der Waals surface area contributed by atoms with Gasteiger partial charge >= 0.3 is 0 Å². The van der Waals surface area contributed by atoms with Gasteiger partial charge in [-0.25, -0.2) is 0 Å². The number of hydrogen-bond acceptors (Lipinski definition) is 3. The largest absolute Gasteiger partial charge is 0.320 e. The maximum atomic E-state index is 12.4. The Morgan fingerprint density at radius 1 is 1.24 bits per heavy atom. The van der Waals surface area contributed by atoms with Gasteiger partial charge in [0.1, 0.15) is 0 Å². The van der Waals surface area contributed by atoms with Crippen molar-refractivity contribution >= 4 is 22.5 Å². The summed E-state index contributed by atoms with van der Waals surface area (Å²) >= 11 is 0. The maximum Gasteiger partial charge on any atom is 0.259 e. The van der Waals surface area contributed by atoms with Crippen LogP contribution in [0, 0.1) is 13.8 Å². The van der Waals surface area contributed by atoms with Gasteiger partial charge in [-0.1, -0.05) is 18.2 Å².